The largest absolute Gasteiger partial charge is 0.481 e. The van der Waals surface area contributed by atoms with E-state index in [1.165, 1.54) is 0 Å². The summed E-state index contributed by atoms with van der Waals surface area (Å²) in [6.07, 6.45) is 9.54. The summed E-state index contributed by atoms with van der Waals surface area (Å²) < 4.78 is 13.4. The molecule has 12 atom stereocenters. The van der Waals surface area contributed by atoms with E-state index in [2.05, 4.69) is 38.8 Å². The van der Waals surface area contributed by atoms with Crippen molar-refractivity contribution < 1.29 is 53.6 Å². The molecule has 324 valence electrons. The number of alkyl halides is 1. The fourth-order valence-corrected chi connectivity index (χ4v) is 13.1. The number of hydrogen-bond donors (Lipinski definition) is 6. The molecule has 1 aliphatic heterocycles. The Morgan fingerprint density at radius 3 is 2.47 bits per heavy atom. The molecule has 60 heavy (non-hydrogen) atoms. The average Bonchev–Trinajstić information content (AvgIpc) is 3.70. The third-order valence-corrected chi connectivity index (χ3v) is 16.5. The molecule has 1 heterocycles. The Morgan fingerprint density at radius 2 is 1.80 bits per heavy atom. The van der Waals surface area contributed by atoms with Crippen molar-refractivity contribution >= 4 is 51.2 Å². The number of hydrogen-bond acceptors (Lipinski definition) is 10. The Balaban J connectivity index is 0.923. The number of halogens is 1. The van der Waals surface area contributed by atoms with Gasteiger partial charge in [-0.25, -0.2) is 0 Å². The summed E-state index contributed by atoms with van der Waals surface area (Å²) in [5, 5.41) is 39.8. The molecule has 6 aliphatic carbocycles. The molecule has 1 spiro atoms. The van der Waals surface area contributed by atoms with E-state index in [4.69, 9.17) is 9.47 Å². The fourth-order valence-electron chi connectivity index (χ4n) is 12.9. The summed E-state index contributed by atoms with van der Waals surface area (Å²) in [6.45, 7) is 3.11. The van der Waals surface area contributed by atoms with Crippen LogP contribution in [-0.4, -0.2) is 99.0 Å². The zero-order valence-electron chi connectivity index (χ0n) is 34.1. The summed E-state index contributed by atoms with van der Waals surface area (Å²) >= 11 is 3.02. The number of allylic oxidation sites excluding steroid dienone is 4. The van der Waals surface area contributed by atoms with Gasteiger partial charge in [0.15, 0.2) is 23.5 Å². The lowest BCUT2D eigenvalue weighted by Gasteiger charge is -2.62. The van der Waals surface area contributed by atoms with Gasteiger partial charge in [0, 0.05) is 34.8 Å². The van der Waals surface area contributed by atoms with E-state index < -0.39 is 71.1 Å². The lowest BCUT2D eigenvalue weighted by molar-refractivity contribution is -0.201. The maximum atomic E-state index is 14.0. The number of aliphatic hydroxyl groups is 2. The molecule has 6 N–H and O–H groups in total. The summed E-state index contributed by atoms with van der Waals surface area (Å²) in [7, 11) is 0. The van der Waals surface area contributed by atoms with E-state index >= 15 is 0 Å². The SMILES string of the molecule is C[C@]12C=CC(=O)C=C1CC[C@@H]1[C@@H]2[C@@H](O)C[C@@]2(C)[C@H]1C[C@H]1O[C@@H](c3ccc(CC4CC(NC(=O)[C@H](CCC(=O)O)NC(=O)CNC(=O)CBr)C45CCC5)cc3)O[C@]12C(=O)CO. The minimum absolute atomic E-state index is 0.00156. The van der Waals surface area contributed by atoms with Crippen LogP contribution in [0.1, 0.15) is 95.5 Å². The molecule has 14 nitrogen and oxygen atoms in total. The van der Waals surface area contributed by atoms with E-state index in [0.717, 1.165) is 61.6 Å². The number of Topliss-reactive ketones (excluding diaryl/α,β-unsaturated/α-hetero) is 1. The zero-order valence-corrected chi connectivity index (χ0v) is 35.7. The molecule has 3 amide bonds. The lowest BCUT2D eigenvalue weighted by Crippen LogP contribution is -2.66. The Hall–Kier alpha value is -3.76. The lowest BCUT2D eigenvalue weighted by atomic mass is 9.46. The van der Waals surface area contributed by atoms with Crippen LogP contribution in [0.3, 0.4) is 0 Å². The number of amides is 3. The van der Waals surface area contributed by atoms with Crippen molar-refractivity contribution in [2.75, 3.05) is 18.5 Å². The number of rotatable bonds is 14. The standard InChI is InChI=1S/C45H56BrN3O11/c1-42-15-12-28(51)17-26(42)8-9-29-30-19-35-45(34(53)23-50,43(30,2)20-32(52)39(29)42)60-41(59-35)25-6-4-24(5-7-25)16-27-18-33(44(27)13-3-14-44)49-40(58)31(10-11-38(56)57)48-37(55)22-47-36(54)21-46/h4-7,12,15,17,27,29-33,35,39,41,50,52H,3,8-11,13-14,16,18-23H2,1-2H3,(H,47,54)(H,48,55)(H,49,58)(H,56,57)/t27?,29-,30-,31-,32-,33?,35+,39+,41+,42-,43-,45+/m0/s1. The van der Waals surface area contributed by atoms with Crippen molar-refractivity contribution in [3.63, 3.8) is 0 Å². The van der Waals surface area contributed by atoms with Crippen molar-refractivity contribution in [3.05, 3.63) is 59.2 Å². The molecule has 1 aromatic carbocycles. The van der Waals surface area contributed by atoms with Gasteiger partial charge in [-0.2, -0.15) is 0 Å². The first-order valence-corrected chi connectivity index (χ1v) is 22.5. The second-order valence-electron chi connectivity index (χ2n) is 18.8. The third-order valence-electron chi connectivity index (χ3n) is 16.0. The quantitative estimate of drug-likeness (QED) is 0.149. The van der Waals surface area contributed by atoms with E-state index in [-0.39, 0.29) is 65.6 Å². The van der Waals surface area contributed by atoms with Crippen molar-refractivity contribution in [3.8, 4) is 0 Å². The fraction of sp³-hybridized carbons (Fsp3) is 0.644. The van der Waals surface area contributed by atoms with Crippen LogP contribution in [0, 0.1) is 39.9 Å². The van der Waals surface area contributed by atoms with Gasteiger partial charge in [0.1, 0.15) is 12.6 Å². The highest BCUT2D eigenvalue weighted by molar-refractivity contribution is 9.09. The molecule has 0 aromatic heterocycles. The number of benzene rings is 1. The topological polar surface area (TPSA) is 218 Å². The molecular formula is C45H56BrN3O11. The summed E-state index contributed by atoms with van der Waals surface area (Å²) in [4.78, 5) is 75.1. The second-order valence-corrected chi connectivity index (χ2v) is 19.4. The molecule has 7 aliphatic rings. The van der Waals surface area contributed by atoms with Crippen LogP contribution in [0.15, 0.2) is 48.1 Å². The number of fused-ring (bicyclic) bond motifs is 7. The van der Waals surface area contributed by atoms with Gasteiger partial charge in [0.25, 0.3) is 0 Å². The van der Waals surface area contributed by atoms with E-state index in [1.807, 2.05) is 37.3 Å². The number of ketones is 2. The second kappa shape index (κ2) is 16.2. The Morgan fingerprint density at radius 1 is 1.05 bits per heavy atom. The normalized spacial score (nSPS) is 37.2. The minimum atomic E-state index is -1.43. The van der Waals surface area contributed by atoms with Crippen LogP contribution >= 0.6 is 15.9 Å². The number of nitrogens with one attached hydrogen (secondary N) is 3. The average molecular weight is 895 g/mol. The maximum absolute atomic E-state index is 14.0. The highest BCUT2D eigenvalue weighted by Gasteiger charge is 2.76. The van der Waals surface area contributed by atoms with E-state index in [9.17, 15) is 44.1 Å². The molecule has 2 unspecified atom stereocenters. The molecule has 0 radical (unpaired) electrons. The zero-order chi connectivity index (χ0) is 42.8. The molecule has 0 bridgehead atoms. The predicted octanol–water partition coefficient (Wildman–Crippen LogP) is 3.37. The maximum Gasteiger partial charge on any atom is 0.303 e. The highest BCUT2D eigenvalue weighted by atomic mass is 79.9. The van der Waals surface area contributed by atoms with Gasteiger partial charge in [-0.05, 0) is 98.7 Å². The minimum Gasteiger partial charge on any atom is -0.481 e. The Kier molecular flexibility index (Phi) is 11.6. The van der Waals surface area contributed by atoms with Crippen molar-refractivity contribution in [2.45, 2.75) is 121 Å². The first kappa shape index (κ1) is 42.9. The summed E-state index contributed by atoms with van der Waals surface area (Å²) in [6, 6.07) is 6.82. The monoisotopic (exact) mass is 893 g/mol. The van der Waals surface area contributed by atoms with Gasteiger partial charge in [0.2, 0.25) is 17.7 Å². The van der Waals surface area contributed by atoms with Gasteiger partial charge in [-0.3, -0.25) is 28.8 Å². The van der Waals surface area contributed by atoms with Gasteiger partial charge < -0.3 is 40.7 Å². The van der Waals surface area contributed by atoms with Crippen molar-refractivity contribution in [2.24, 2.45) is 39.9 Å². The van der Waals surface area contributed by atoms with Crippen LogP contribution in [0.4, 0.5) is 0 Å². The predicted molar refractivity (Wildman–Crippen MR) is 219 cm³/mol. The number of aliphatic carboxylic acids is 1. The van der Waals surface area contributed by atoms with E-state index in [1.54, 1.807) is 12.2 Å². The number of carboxylic acid groups (broad SMARTS) is 1. The molecule has 5 saturated carbocycles. The summed E-state index contributed by atoms with van der Waals surface area (Å²) in [5.41, 5.74) is 0.125. The number of aliphatic hydroxyl groups excluding tert-OH is 2. The Labute approximate surface area is 357 Å². The van der Waals surface area contributed by atoms with Gasteiger partial charge in [-0.15, -0.1) is 0 Å². The molecule has 6 fully saturated rings. The van der Waals surface area contributed by atoms with Gasteiger partial charge >= 0.3 is 5.97 Å². The van der Waals surface area contributed by atoms with Crippen LogP contribution < -0.4 is 16.0 Å². The number of ether oxygens (including phenoxy) is 2. The molecule has 1 aromatic rings. The Bertz CT molecular complexity index is 2000. The van der Waals surface area contributed by atoms with Crippen LogP contribution in [0.5, 0.6) is 0 Å². The first-order chi connectivity index (χ1) is 28.6. The molecule has 15 heteroatoms. The van der Waals surface area contributed by atoms with Gasteiger partial charge in [-0.1, -0.05) is 72.1 Å². The number of carboxylic acids is 1. The highest BCUT2D eigenvalue weighted by Crippen LogP contribution is 2.70. The van der Waals surface area contributed by atoms with Crippen molar-refractivity contribution in [1.82, 2.24) is 16.0 Å². The third kappa shape index (κ3) is 7.00. The summed E-state index contributed by atoms with van der Waals surface area (Å²) in [5.74, 6) is -2.70. The molecule has 1 saturated heterocycles. The number of carbonyl (C=O) groups excluding carboxylic acids is 5. The number of carbonyl (C=O) groups is 6. The smallest absolute Gasteiger partial charge is 0.303 e. The van der Waals surface area contributed by atoms with Crippen LogP contribution in [-0.2, 0) is 44.7 Å². The van der Waals surface area contributed by atoms with Crippen LogP contribution in [0.2, 0.25) is 0 Å². The molecular weight excluding hydrogens is 838 g/mol. The van der Waals surface area contributed by atoms with Crippen molar-refractivity contribution in [1.29, 1.82) is 0 Å². The van der Waals surface area contributed by atoms with Gasteiger partial charge in [0.05, 0.1) is 24.1 Å². The van der Waals surface area contributed by atoms with E-state index in [0.29, 0.717) is 18.8 Å². The van der Waals surface area contributed by atoms with Crippen LogP contribution in [0.25, 0.3) is 0 Å². The molecule has 8 rings (SSSR count). The first-order valence-electron chi connectivity index (χ1n) is 21.4.